The number of benzene rings is 1. The number of nitrogens with zero attached hydrogens (tertiary/aromatic N) is 4. The van der Waals surface area contributed by atoms with Crippen LogP contribution in [0.2, 0.25) is 0 Å². The minimum atomic E-state index is -0.420. The standard InChI is InChI=1S/C23H24N4O3S/c1-14-7-4-9-17(20-24-10-6-11-25-20)18(14)22(28)27-12-5-8-16(13-27)21-26-19(15(2)31-21)23(29)30-3/h4,6-7,9-11,16H,5,8,12-13H2,1-3H3. The summed E-state index contributed by atoms with van der Waals surface area (Å²) in [5.41, 5.74) is 2.65. The van der Waals surface area contributed by atoms with E-state index in [9.17, 15) is 9.59 Å². The number of methoxy groups -OCH3 is 1. The highest BCUT2D eigenvalue weighted by molar-refractivity contribution is 7.12. The van der Waals surface area contributed by atoms with Crippen molar-refractivity contribution in [3.05, 3.63) is 63.4 Å². The molecule has 2 aromatic heterocycles. The Morgan fingerprint density at radius 3 is 2.68 bits per heavy atom. The van der Waals surface area contributed by atoms with Crippen LogP contribution in [0.25, 0.3) is 11.4 Å². The van der Waals surface area contributed by atoms with Gasteiger partial charge in [-0.25, -0.2) is 19.7 Å². The van der Waals surface area contributed by atoms with Gasteiger partial charge in [-0.3, -0.25) is 4.79 Å². The van der Waals surface area contributed by atoms with Gasteiger partial charge in [0.25, 0.3) is 5.91 Å². The molecule has 4 rings (SSSR count). The quantitative estimate of drug-likeness (QED) is 0.574. The van der Waals surface area contributed by atoms with Crippen molar-refractivity contribution >= 4 is 23.2 Å². The molecule has 3 heterocycles. The number of hydrogen-bond acceptors (Lipinski definition) is 7. The highest BCUT2D eigenvalue weighted by atomic mass is 32.1. The maximum atomic E-state index is 13.6. The highest BCUT2D eigenvalue weighted by Gasteiger charge is 2.30. The van der Waals surface area contributed by atoms with Crippen molar-refractivity contribution in [1.82, 2.24) is 19.9 Å². The number of aromatic nitrogens is 3. The summed E-state index contributed by atoms with van der Waals surface area (Å²) >= 11 is 1.51. The summed E-state index contributed by atoms with van der Waals surface area (Å²) in [5, 5.41) is 0.881. The Hall–Kier alpha value is -3.13. The summed E-state index contributed by atoms with van der Waals surface area (Å²) in [7, 11) is 1.36. The molecule has 0 saturated carbocycles. The van der Waals surface area contributed by atoms with E-state index < -0.39 is 5.97 Å². The van der Waals surface area contributed by atoms with Crippen molar-refractivity contribution in [3.63, 3.8) is 0 Å². The summed E-state index contributed by atoms with van der Waals surface area (Å²) in [4.78, 5) is 41.5. The van der Waals surface area contributed by atoms with Gasteiger partial charge in [-0.2, -0.15) is 0 Å². The monoisotopic (exact) mass is 436 g/mol. The van der Waals surface area contributed by atoms with Crippen LogP contribution in [-0.2, 0) is 4.74 Å². The maximum absolute atomic E-state index is 13.6. The summed E-state index contributed by atoms with van der Waals surface area (Å²) in [5.74, 6) is 0.199. The number of likely N-dealkylation sites (tertiary alicyclic amines) is 1. The smallest absolute Gasteiger partial charge is 0.357 e. The van der Waals surface area contributed by atoms with E-state index in [2.05, 4.69) is 15.0 Å². The van der Waals surface area contributed by atoms with Gasteiger partial charge in [-0.05, 0) is 38.3 Å². The second-order valence-corrected chi connectivity index (χ2v) is 8.84. The van der Waals surface area contributed by atoms with Gasteiger partial charge in [0.2, 0.25) is 0 Å². The molecule has 1 atom stereocenters. The molecule has 160 valence electrons. The zero-order valence-electron chi connectivity index (χ0n) is 17.8. The molecule has 1 aliphatic heterocycles. The molecule has 1 fully saturated rings. The van der Waals surface area contributed by atoms with Crippen LogP contribution in [0, 0.1) is 13.8 Å². The number of esters is 1. The number of ether oxygens (including phenoxy) is 1. The average Bonchev–Trinajstić information content (AvgIpc) is 3.20. The zero-order chi connectivity index (χ0) is 22.0. The van der Waals surface area contributed by atoms with Crippen LogP contribution in [0.4, 0.5) is 0 Å². The third-order valence-electron chi connectivity index (χ3n) is 5.54. The molecular weight excluding hydrogens is 412 g/mol. The van der Waals surface area contributed by atoms with E-state index in [1.54, 1.807) is 18.5 Å². The van der Waals surface area contributed by atoms with Crippen LogP contribution >= 0.6 is 11.3 Å². The van der Waals surface area contributed by atoms with E-state index in [4.69, 9.17) is 4.74 Å². The fourth-order valence-corrected chi connectivity index (χ4v) is 5.01. The predicted octanol–water partition coefficient (Wildman–Crippen LogP) is 4.02. The third-order valence-corrected chi connectivity index (χ3v) is 6.68. The first-order valence-corrected chi connectivity index (χ1v) is 11.0. The molecule has 0 spiro atoms. The number of piperidine rings is 1. The second kappa shape index (κ2) is 8.93. The molecule has 3 aromatic rings. The molecule has 1 aliphatic rings. The number of rotatable bonds is 4. The summed E-state index contributed by atoms with van der Waals surface area (Å²) < 4.78 is 4.83. The van der Waals surface area contributed by atoms with E-state index in [-0.39, 0.29) is 11.8 Å². The van der Waals surface area contributed by atoms with Crippen molar-refractivity contribution in [2.45, 2.75) is 32.6 Å². The van der Waals surface area contributed by atoms with Gasteiger partial charge in [0, 0.05) is 41.8 Å². The van der Waals surface area contributed by atoms with Crippen molar-refractivity contribution < 1.29 is 14.3 Å². The molecule has 0 N–H and O–H groups in total. The summed E-state index contributed by atoms with van der Waals surface area (Å²) in [6.45, 7) is 5.06. The van der Waals surface area contributed by atoms with Crippen molar-refractivity contribution in [2.24, 2.45) is 0 Å². The van der Waals surface area contributed by atoms with E-state index in [0.29, 0.717) is 30.2 Å². The van der Waals surface area contributed by atoms with E-state index in [1.165, 1.54) is 18.4 Å². The number of hydrogen-bond donors (Lipinski definition) is 0. The molecule has 31 heavy (non-hydrogen) atoms. The van der Waals surface area contributed by atoms with Crippen LogP contribution in [-0.4, -0.2) is 51.9 Å². The first kappa shape index (κ1) is 21.1. The minimum Gasteiger partial charge on any atom is -0.464 e. The lowest BCUT2D eigenvalue weighted by Crippen LogP contribution is -2.39. The van der Waals surface area contributed by atoms with Gasteiger partial charge in [-0.1, -0.05) is 18.2 Å². The average molecular weight is 437 g/mol. The number of carbonyl (C=O) groups is 2. The summed E-state index contributed by atoms with van der Waals surface area (Å²) in [6, 6.07) is 7.51. The fourth-order valence-electron chi connectivity index (χ4n) is 3.98. The molecule has 8 heteroatoms. The highest BCUT2D eigenvalue weighted by Crippen LogP contribution is 2.33. The molecule has 1 unspecified atom stereocenters. The van der Waals surface area contributed by atoms with Crippen molar-refractivity contribution in [3.8, 4) is 11.4 Å². The second-order valence-electron chi connectivity index (χ2n) is 7.61. The molecule has 1 saturated heterocycles. The Morgan fingerprint density at radius 1 is 1.16 bits per heavy atom. The van der Waals surface area contributed by atoms with Gasteiger partial charge in [0.05, 0.1) is 17.7 Å². The number of aryl methyl sites for hydroxylation is 2. The Morgan fingerprint density at radius 2 is 1.94 bits per heavy atom. The molecule has 0 aliphatic carbocycles. The lowest BCUT2D eigenvalue weighted by atomic mass is 9.95. The SMILES string of the molecule is COC(=O)c1nc(C2CCCN(C(=O)c3c(C)cccc3-c3ncccn3)C2)sc1C. The topological polar surface area (TPSA) is 85.3 Å². The zero-order valence-corrected chi connectivity index (χ0v) is 18.6. The Bertz CT molecular complexity index is 1110. The number of carbonyl (C=O) groups excluding carboxylic acids is 2. The lowest BCUT2D eigenvalue weighted by molar-refractivity contribution is 0.0592. The third kappa shape index (κ3) is 4.20. The Balaban J connectivity index is 1.62. The molecule has 0 bridgehead atoms. The Kier molecular flexibility index (Phi) is 6.08. The van der Waals surface area contributed by atoms with Gasteiger partial charge in [0.1, 0.15) is 0 Å². The molecule has 1 aromatic carbocycles. The van der Waals surface area contributed by atoms with Crippen LogP contribution in [0.1, 0.15) is 55.1 Å². The fraction of sp³-hybridized carbons (Fsp3) is 0.348. The van der Waals surface area contributed by atoms with Gasteiger partial charge in [-0.15, -0.1) is 11.3 Å². The maximum Gasteiger partial charge on any atom is 0.357 e. The molecule has 7 nitrogen and oxygen atoms in total. The van der Waals surface area contributed by atoms with Crippen LogP contribution in [0.3, 0.4) is 0 Å². The van der Waals surface area contributed by atoms with E-state index >= 15 is 0 Å². The number of amides is 1. The van der Waals surface area contributed by atoms with Gasteiger partial charge in [0.15, 0.2) is 11.5 Å². The van der Waals surface area contributed by atoms with Gasteiger partial charge < -0.3 is 9.64 Å². The van der Waals surface area contributed by atoms with Crippen LogP contribution in [0.15, 0.2) is 36.7 Å². The summed E-state index contributed by atoms with van der Waals surface area (Å²) in [6.07, 6.45) is 5.17. The number of thiazole rings is 1. The molecule has 0 radical (unpaired) electrons. The van der Waals surface area contributed by atoms with E-state index in [1.807, 2.05) is 36.9 Å². The Labute approximate surface area is 185 Å². The van der Waals surface area contributed by atoms with Crippen LogP contribution in [0.5, 0.6) is 0 Å². The van der Waals surface area contributed by atoms with Crippen LogP contribution < -0.4 is 0 Å². The molecule has 1 amide bonds. The van der Waals surface area contributed by atoms with E-state index in [0.717, 1.165) is 33.9 Å². The van der Waals surface area contributed by atoms with Crippen molar-refractivity contribution in [1.29, 1.82) is 0 Å². The van der Waals surface area contributed by atoms with Gasteiger partial charge >= 0.3 is 5.97 Å². The van der Waals surface area contributed by atoms with Crippen molar-refractivity contribution in [2.75, 3.05) is 20.2 Å². The first-order chi connectivity index (χ1) is 15.0. The largest absolute Gasteiger partial charge is 0.464 e. The lowest BCUT2D eigenvalue weighted by Gasteiger charge is -2.32. The minimum absolute atomic E-state index is 0.0216. The first-order valence-electron chi connectivity index (χ1n) is 10.2. The molecular formula is C23H24N4O3S. The predicted molar refractivity (Wildman–Crippen MR) is 118 cm³/mol. The normalized spacial score (nSPS) is 16.2.